The summed E-state index contributed by atoms with van der Waals surface area (Å²) in [7, 11) is 4.57. The molecule has 166 valence electrons. The van der Waals surface area contributed by atoms with E-state index in [4.69, 9.17) is 0 Å². The summed E-state index contributed by atoms with van der Waals surface area (Å²) in [4.78, 5) is 0. The van der Waals surface area contributed by atoms with Gasteiger partial charge in [0.15, 0.2) is 0 Å². The first-order chi connectivity index (χ1) is 15.4. The predicted molar refractivity (Wildman–Crippen MR) is 129 cm³/mol. The second-order valence-corrected chi connectivity index (χ2v) is 7.73. The van der Waals surface area contributed by atoms with Crippen molar-refractivity contribution in [2.75, 3.05) is 0 Å². The van der Waals surface area contributed by atoms with Crippen molar-refractivity contribution >= 4 is 31.8 Å². The molecule has 0 saturated heterocycles. The third-order valence-corrected chi connectivity index (χ3v) is 4.89. The van der Waals surface area contributed by atoms with Gasteiger partial charge >= 0.3 is 27.0 Å². The van der Waals surface area contributed by atoms with E-state index in [0.29, 0.717) is 11.6 Å². The van der Waals surface area contributed by atoms with Gasteiger partial charge in [0.1, 0.15) is 0 Å². The van der Waals surface area contributed by atoms with Crippen LogP contribution in [0.5, 0.6) is 5.75 Å². The van der Waals surface area contributed by atoms with Crippen molar-refractivity contribution in [3.63, 3.8) is 0 Å². The third kappa shape index (κ3) is 7.98. The van der Waals surface area contributed by atoms with Crippen LogP contribution in [-0.2, 0) is 17.3 Å². The Balaban J connectivity index is 0.000000255. The molecule has 3 aromatic rings. The molecule has 0 N–H and O–H groups in total. The van der Waals surface area contributed by atoms with E-state index in [-0.39, 0.29) is 5.75 Å². The van der Waals surface area contributed by atoms with Gasteiger partial charge in [-0.1, -0.05) is 75.1 Å². The van der Waals surface area contributed by atoms with E-state index in [0.717, 1.165) is 22.0 Å². The van der Waals surface area contributed by atoms with Gasteiger partial charge in [0.25, 0.3) is 0 Å². The van der Waals surface area contributed by atoms with Gasteiger partial charge in [-0.15, -0.1) is 5.11 Å². The van der Waals surface area contributed by atoms with Crippen LogP contribution in [0.15, 0.2) is 70.9 Å². The molecule has 1 aliphatic rings. The Hall–Kier alpha value is -1.77. The summed E-state index contributed by atoms with van der Waals surface area (Å²) in [5.74, 6) is 3.30. The standard InChI is InChI=1S/C17H14N2O.C10H14.ClH.Ru/c1-12-9-10-17(20)16(11-12)19-18-15-8-4-6-13-5-2-3-7-14(13)15;1-8(2)10-6-4-9(3)5-7-10;;/h2-11,20H,1H3;4-8H,1-3H3;1H;/q;;;+2/p-2. The van der Waals surface area contributed by atoms with Crippen molar-refractivity contribution in [2.24, 2.45) is 16.1 Å². The van der Waals surface area contributed by atoms with Gasteiger partial charge in [-0.3, -0.25) is 0 Å². The fourth-order valence-corrected chi connectivity index (χ4v) is 3.06. The first-order valence-electron chi connectivity index (χ1n) is 10.3. The Morgan fingerprint density at radius 1 is 0.781 bits per heavy atom. The summed E-state index contributed by atoms with van der Waals surface area (Å²) >= 11 is 1.82. The minimum absolute atomic E-state index is 0.111. The summed E-state index contributed by atoms with van der Waals surface area (Å²) in [6.07, 6.45) is 8.71. The van der Waals surface area contributed by atoms with Crippen LogP contribution < -0.4 is 5.11 Å². The molecule has 3 aromatic carbocycles. The Morgan fingerprint density at radius 3 is 2.09 bits per heavy atom. The van der Waals surface area contributed by atoms with Gasteiger partial charge in [0.05, 0.1) is 11.4 Å². The van der Waals surface area contributed by atoms with E-state index in [9.17, 15) is 5.11 Å². The van der Waals surface area contributed by atoms with Crippen molar-refractivity contribution in [3.05, 3.63) is 104 Å². The molecule has 6 radical (unpaired) electrons. The number of aryl methyl sites for hydroxylation is 1. The summed E-state index contributed by atoms with van der Waals surface area (Å²) in [6.45, 7) is 8.47. The van der Waals surface area contributed by atoms with Crippen LogP contribution in [0.3, 0.4) is 0 Å². The van der Waals surface area contributed by atoms with Crippen molar-refractivity contribution in [3.8, 4) is 5.75 Å². The number of rotatable bonds is 3. The molecule has 5 heteroatoms. The monoisotopic (exact) mass is 532 g/mol. The molecule has 3 nitrogen and oxygen atoms in total. The Kier molecular flexibility index (Phi) is 11.3. The maximum atomic E-state index is 11.7. The van der Waals surface area contributed by atoms with Gasteiger partial charge in [-0.05, 0) is 73.4 Å². The zero-order valence-electron chi connectivity index (χ0n) is 18.7. The normalized spacial score (nSPS) is 14.7. The van der Waals surface area contributed by atoms with Crippen LogP contribution in [0.4, 0.5) is 11.4 Å². The minimum atomic E-state index is -0.111. The van der Waals surface area contributed by atoms with E-state index in [1.54, 1.807) is 12.1 Å². The van der Waals surface area contributed by atoms with Gasteiger partial charge in [-0.2, -0.15) is 5.11 Å². The van der Waals surface area contributed by atoms with E-state index < -0.39 is 0 Å². The Morgan fingerprint density at radius 2 is 1.41 bits per heavy atom. The van der Waals surface area contributed by atoms with Crippen LogP contribution in [0, 0.1) is 50.4 Å². The first-order valence-corrected chi connectivity index (χ1v) is 12.5. The number of hydrogen-bond acceptors (Lipinski definition) is 3. The molecular formula is C27H27ClN2ORu. The predicted octanol–water partition coefficient (Wildman–Crippen LogP) is 7.97. The second-order valence-electron chi connectivity index (χ2n) is 7.73. The molecule has 4 rings (SSSR count). The summed E-state index contributed by atoms with van der Waals surface area (Å²) in [5.41, 5.74) is 2.14. The van der Waals surface area contributed by atoms with Crippen LogP contribution in [0.25, 0.3) is 10.8 Å². The van der Waals surface area contributed by atoms with Gasteiger partial charge < -0.3 is 5.11 Å². The molecule has 0 heterocycles. The summed E-state index contributed by atoms with van der Waals surface area (Å²) in [5, 5.41) is 22.2. The maximum absolute atomic E-state index is 11.7. The molecule has 32 heavy (non-hydrogen) atoms. The molecule has 0 aromatic heterocycles. The number of nitrogens with zero attached hydrogens (tertiary/aromatic N) is 2. The van der Waals surface area contributed by atoms with Crippen molar-refractivity contribution in [1.29, 1.82) is 0 Å². The number of azo groups is 1. The third-order valence-electron chi connectivity index (χ3n) is 4.89. The number of fused-ring (bicyclic) bond motifs is 1. The zero-order chi connectivity index (χ0) is 23.5. The Labute approximate surface area is 207 Å². The summed E-state index contributed by atoms with van der Waals surface area (Å²) < 4.78 is 0. The average Bonchev–Trinajstić information content (AvgIpc) is 2.81. The second kappa shape index (κ2) is 13.7. The Bertz CT molecular complexity index is 993. The van der Waals surface area contributed by atoms with Gasteiger partial charge in [-0.25, -0.2) is 0 Å². The van der Waals surface area contributed by atoms with Crippen molar-refractivity contribution < 1.29 is 22.4 Å². The quantitative estimate of drug-likeness (QED) is 0.250. The number of hydrogen-bond donors (Lipinski definition) is 0. The van der Waals surface area contributed by atoms with E-state index in [1.165, 1.54) is 17.9 Å². The van der Waals surface area contributed by atoms with Gasteiger partial charge in [0.2, 0.25) is 0 Å². The fraction of sp³-hybridized carbons (Fsp3) is 0.185. The van der Waals surface area contributed by atoms with Crippen LogP contribution >= 0.6 is 9.69 Å². The fourth-order valence-electron chi connectivity index (χ4n) is 3.06. The average molecular weight is 532 g/mol. The van der Waals surface area contributed by atoms with E-state index in [1.807, 2.05) is 66.7 Å². The van der Waals surface area contributed by atoms with E-state index in [2.05, 4.69) is 66.4 Å². The molecular weight excluding hydrogens is 505 g/mol. The molecule has 0 bridgehead atoms. The first kappa shape index (κ1) is 26.5. The van der Waals surface area contributed by atoms with Gasteiger partial charge in [0, 0.05) is 5.39 Å². The van der Waals surface area contributed by atoms with Crippen LogP contribution in [-0.4, -0.2) is 0 Å². The SMILES string of the molecule is C[C]1[CH][CH][C](C(C)C)[CH][CH]1.Cc1ccc([O-])c(N=Nc2cccc3ccccc23)c1.[Cl][Ru+]. The van der Waals surface area contributed by atoms with E-state index >= 15 is 0 Å². The van der Waals surface area contributed by atoms with Crippen LogP contribution in [0.2, 0.25) is 0 Å². The topological polar surface area (TPSA) is 47.8 Å². The molecule has 0 spiro atoms. The summed E-state index contributed by atoms with van der Waals surface area (Å²) in [6, 6.07) is 18.9. The molecule has 0 amide bonds. The molecule has 1 fully saturated rings. The molecule has 0 aliphatic heterocycles. The van der Waals surface area contributed by atoms with Crippen molar-refractivity contribution in [2.45, 2.75) is 27.7 Å². The zero-order valence-corrected chi connectivity index (χ0v) is 21.2. The molecule has 1 aliphatic carbocycles. The molecule has 1 saturated carbocycles. The van der Waals surface area contributed by atoms with Crippen LogP contribution in [0.1, 0.15) is 26.3 Å². The number of benzene rings is 3. The van der Waals surface area contributed by atoms with Crippen molar-refractivity contribution in [1.82, 2.24) is 0 Å². The molecule has 0 unspecified atom stereocenters. The number of halogens is 1. The molecule has 0 atom stereocenters.